The Morgan fingerprint density at radius 3 is 2.63 bits per heavy atom. The number of carbonyl (C=O) groups excluding carboxylic acids is 1. The number of carbonyl (C=O) groups is 1. The van der Waals surface area contributed by atoms with E-state index in [0.717, 1.165) is 23.4 Å². The highest BCUT2D eigenvalue weighted by molar-refractivity contribution is 6.06. The van der Waals surface area contributed by atoms with Gasteiger partial charge in [-0.25, -0.2) is 4.68 Å². The van der Waals surface area contributed by atoms with E-state index in [1.165, 1.54) is 16.7 Å². The summed E-state index contributed by atoms with van der Waals surface area (Å²) in [7, 11) is 0. The van der Waals surface area contributed by atoms with Crippen LogP contribution in [0.25, 0.3) is 16.8 Å². The lowest BCUT2D eigenvalue weighted by Crippen LogP contribution is -2.30. The number of nitrogens with zero attached hydrogens (tertiary/aromatic N) is 3. The molecule has 5 nitrogen and oxygen atoms in total. The molecule has 2 heterocycles. The topological polar surface area (TPSA) is 64.2 Å². The smallest absolute Gasteiger partial charge is 0.277 e. The molecule has 5 heteroatoms. The van der Waals surface area contributed by atoms with Crippen molar-refractivity contribution < 1.29 is 4.79 Å². The molecule has 30 heavy (non-hydrogen) atoms. The molecule has 0 atom stereocenters. The number of hydrogen-bond donors (Lipinski definition) is 1. The summed E-state index contributed by atoms with van der Waals surface area (Å²) < 4.78 is 1.69. The Labute approximate surface area is 175 Å². The molecule has 3 aromatic carbocycles. The van der Waals surface area contributed by atoms with E-state index in [2.05, 4.69) is 35.4 Å². The maximum absolute atomic E-state index is 13.4. The third kappa shape index (κ3) is 3.19. The summed E-state index contributed by atoms with van der Waals surface area (Å²) in [6.07, 6.45) is 2.51. The molecule has 0 bridgehead atoms. The third-order valence-electron chi connectivity index (χ3n) is 5.58. The molecule has 0 fully saturated rings. The van der Waals surface area contributed by atoms with E-state index in [4.69, 9.17) is 5.73 Å². The van der Waals surface area contributed by atoms with Gasteiger partial charge in [0.2, 0.25) is 0 Å². The highest BCUT2D eigenvalue weighted by atomic mass is 16.2. The lowest BCUT2D eigenvalue weighted by atomic mass is 10.0. The van der Waals surface area contributed by atoms with Crippen molar-refractivity contribution in [3.63, 3.8) is 0 Å². The first-order valence-corrected chi connectivity index (χ1v) is 10.1. The maximum Gasteiger partial charge on any atom is 0.277 e. The quantitative estimate of drug-likeness (QED) is 0.564. The molecule has 4 aromatic rings. The Morgan fingerprint density at radius 2 is 1.80 bits per heavy atom. The molecule has 1 aliphatic heterocycles. The highest BCUT2D eigenvalue weighted by Gasteiger charge is 2.28. The van der Waals surface area contributed by atoms with Crippen LogP contribution in [0.5, 0.6) is 0 Å². The molecule has 0 spiro atoms. The average Bonchev–Trinajstić information content (AvgIpc) is 3.46. The van der Waals surface area contributed by atoms with E-state index >= 15 is 0 Å². The normalized spacial score (nSPS) is 12.8. The summed E-state index contributed by atoms with van der Waals surface area (Å²) in [5, 5.41) is 4.39. The van der Waals surface area contributed by atoms with Crippen molar-refractivity contribution in [2.24, 2.45) is 5.73 Å². The fraction of sp³-hybridized carbons (Fsp3) is 0.120. The third-order valence-corrected chi connectivity index (χ3v) is 5.58. The van der Waals surface area contributed by atoms with Crippen LogP contribution in [0.4, 0.5) is 5.69 Å². The van der Waals surface area contributed by atoms with Gasteiger partial charge in [-0.3, -0.25) is 4.79 Å². The second-order valence-corrected chi connectivity index (χ2v) is 7.42. The van der Waals surface area contributed by atoms with Gasteiger partial charge in [-0.2, -0.15) is 5.10 Å². The van der Waals surface area contributed by atoms with Gasteiger partial charge in [0, 0.05) is 18.8 Å². The van der Waals surface area contributed by atoms with Gasteiger partial charge in [0.1, 0.15) is 5.69 Å². The van der Waals surface area contributed by atoms with Crippen LogP contribution in [0.3, 0.4) is 0 Å². The van der Waals surface area contributed by atoms with Gasteiger partial charge in [0.05, 0.1) is 11.9 Å². The number of hydrogen-bond acceptors (Lipinski definition) is 3. The maximum atomic E-state index is 13.4. The fourth-order valence-electron chi connectivity index (χ4n) is 4.05. The van der Waals surface area contributed by atoms with Crippen molar-refractivity contribution in [2.45, 2.75) is 13.0 Å². The number of anilines is 1. The van der Waals surface area contributed by atoms with E-state index in [0.29, 0.717) is 18.8 Å². The summed E-state index contributed by atoms with van der Waals surface area (Å²) in [6, 6.07) is 26.2. The van der Waals surface area contributed by atoms with Crippen molar-refractivity contribution in [3.05, 3.63) is 102 Å². The molecular weight excluding hydrogens is 372 g/mol. The molecule has 0 aliphatic carbocycles. The summed E-state index contributed by atoms with van der Waals surface area (Å²) in [4.78, 5) is 15.3. The molecule has 0 unspecified atom stereocenters. The van der Waals surface area contributed by atoms with E-state index in [1.807, 2.05) is 47.4 Å². The second-order valence-electron chi connectivity index (χ2n) is 7.42. The number of rotatable bonds is 4. The molecule has 148 valence electrons. The Bertz CT molecular complexity index is 1210. The summed E-state index contributed by atoms with van der Waals surface area (Å²) in [6.45, 7) is 1.11. The van der Waals surface area contributed by atoms with Crippen molar-refractivity contribution >= 4 is 11.6 Å². The zero-order valence-corrected chi connectivity index (χ0v) is 16.5. The number of nitrogens with two attached hydrogens (primary N) is 1. The molecular formula is C25H22N4O. The zero-order valence-electron chi connectivity index (χ0n) is 16.5. The molecule has 0 saturated heterocycles. The first-order chi connectivity index (χ1) is 14.7. The van der Waals surface area contributed by atoms with Gasteiger partial charge in [0.15, 0.2) is 0 Å². The van der Waals surface area contributed by atoms with E-state index < -0.39 is 0 Å². The van der Waals surface area contributed by atoms with Crippen LogP contribution in [0.15, 0.2) is 85.1 Å². The largest absolute Gasteiger partial charge is 0.326 e. The lowest BCUT2D eigenvalue weighted by molar-refractivity contribution is 0.0982. The Hall–Kier alpha value is -3.70. The highest BCUT2D eigenvalue weighted by Crippen LogP contribution is 2.33. The van der Waals surface area contributed by atoms with E-state index in [9.17, 15) is 4.79 Å². The van der Waals surface area contributed by atoms with Crippen LogP contribution >= 0.6 is 0 Å². The molecule has 1 amide bonds. The van der Waals surface area contributed by atoms with Gasteiger partial charge >= 0.3 is 0 Å². The Balaban J connectivity index is 1.47. The molecule has 5 rings (SSSR count). The number of amides is 1. The van der Waals surface area contributed by atoms with Crippen molar-refractivity contribution in [1.82, 2.24) is 9.78 Å². The van der Waals surface area contributed by atoms with Crippen molar-refractivity contribution in [2.75, 3.05) is 11.4 Å². The lowest BCUT2D eigenvalue weighted by Gasteiger charge is -2.18. The molecule has 0 radical (unpaired) electrons. The molecule has 0 saturated carbocycles. The summed E-state index contributed by atoms with van der Waals surface area (Å²) >= 11 is 0. The summed E-state index contributed by atoms with van der Waals surface area (Å²) in [5.41, 5.74) is 12.7. The summed E-state index contributed by atoms with van der Waals surface area (Å²) in [5.74, 6) is -0.0446. The second kappa shape index (κ2) is 7.61. The van der Waals surface area contributed by atoms with E-state index in [1.54, 1.807) is 16.9 Å². The van der Waals surface area contributed by atoms with Crippen molar-refractivity contribution in [1.29, 1.82) is 0 Å². The zero-order chi connectivity index (χ0) is 20.5. The minimum Gasteiger partial charge on any atom is -0.326 e. The van der Waals surface area contributed by atoms with Crippen LogP contribution in [0, 0.1) is 0 Å². The SMILES string of the molecule is NCc1cccc(-n2nccc2C(=O)N2CCc3cc(-c4ccccc4)ccc32)c1. The van der Waals surface area contributed by atoms with Crippen LogP contribution in [0.1, 0.15) is 21.6 Å². The monoisotopic (exact) mass is 394 g/mol. The van der Waals surface area contributed by atoms with Crippen LogP contribution < -0.4 is 10.6 Å². The predicted molar refractivity (Wildman–Crippen MR) is 119 cm³/mol. The number of fused-ring (bicyclic) bond motifs is 1. The first-order valence-electron chi connectivity index (χ1n) is 10.1. The molecule has 1 aromatic heterocycles. The number of aromatic nitrogens is 2. The Kier molecular flexibility index (Phi) is 4.65. The van der Waals surface area contributed by atoms with Gasteiger partial charge in [-0.15, -0.1) is 0 Å². The minimum atomic E-state index is -0.0446. The van der Waals surface area contributed by atoms with E-state index in [-0.39, 0.29) is 5.91 Å². The van der Waals surface area contributed by atoms with Gasteiger partial charge in [0.25, 0.3) is 5.91 Å². The van der Waals surface area contributed by atoms with Crippen LogP contribution in [-0.2, 0) is 13.0 Å². The van der Waals surface area contributed by atoms with Gasteiger partial charge in [-0.05, 0) is 59.0 Å². The van der Waals surface area contributed by atoms with Crippen LogP contribution in [-0.4, -0.2) is 22.2 Å². The van der Waals surface area contributed by atoms with Gasteiger partial charge < -0.3 is 10.6 Å². The average molecular weight is 394 g/mol. The fourth-order valence-corrected chi connectivity index (χ4v) is 4.05. The predicted octanol–water partition coefficient (Wildman–Crippen LogP) is 4.20. The van der Waals surface area contributed by atoms with Crippen LogP contribution in [0.2, 0.25) is 0 Å². The minimum absolute atomic E-state index is 0.0446. The number of benzene rings is 3. The molecule has 1 aliphatic rings. The first kappa shape index (κ1) is 18.3. The Morgan fingerprint density at radius 1 is 0.933 bits per heavy atom. The molecule has 2 N–H and O–H groups in total. The standard InChI is InChI=1S/C25H22N4O/c26-17-18-5-4-8-22(15-18)29-24(11-13-27-29)25(30)28-14-12-21-16-20(9-10-23(21)28)19-6-2-1-3-7-19/h1-11,13,15-16H,12,14,17,26H2. The van der Waals surface area contributed by atoms with Crippen molar-refractivity contribution in [3.8, 4) is 16.8 Å². The van der Waals surface area contributed by atoms with Gasteiger partial charge in [-0.1, -0.05) is 48.5 Å².